The molecule has 1 aromatic carbocycles. The number of H-pyrrole nitrogens is 1. The topological polar surface area (TPSA) is 83.9 Å². The fourth-order valence-electron chi connectivity index (χ4n) is 6.06. The smallest absolute Gasteiger partial charge is 0.357 e. The number of hydrogen-bond acceptors (Lipinski definition) is 7. The van der Waals surface area contributed by atoms with E-state index in [1.165, 1.54) is 11.1 Å². The number of piperidine rings is 1. The molecule has 0 saturated carbocycles. The molecule has 0 aliphatic carbocycles. The number of thiophene rings is 1. The molecular weight excluding hydrogens is 511 g/mol. The number of anilines is 2. The van der Waals surface area contributed by atoms with Crippen molar-refractivity contribution in [3.63, 3.8) is 0 Å². The lowest BCUT2D eigenvalue weighted by molar-refractivity contribution is -0.126. The molecule has 198 valence electrons. The largest absolute Gasteiger partial charge is 0.393 e. The predicted octanol–water partition coefficient (Wildman–Crippen LogP) is 5.60. The lowest BCUT2D eigenvalue weighted by Crippen LogP contribution is -2.48. The van der Waals surface area contributed by atoms with Crippen molar-refractivity contribution < 1.29 is 13.2 Å². The maximum absolute atomic E-state index is 13.1. The van der Waals surface area contributed by atoms with E-state index in [0.717, 1.165) is 61.3 Å². The van der Waals surface area contributed by atoms with Gasteiger partial charge in [0.15, 0.2) is 0 Å². The fourth-order valence-corrected chi connectivity index (χ4v) is 7.11. The monoisotopic (exact) mass is 539 g/mol. The summed E-state index contributed by atoms with van der Waals surface area (Å²) < 4.78 is 39.3. The van der Waals surface area contributed by atoms with E-state index in [0.29, 0.717) is 39.6 Å². The van der Waals surface area contributed by atoms with Crippen molar-refractivity contribution in [1.82, 2.24) is 19.9 Å². The molecule has 2 unspecified atom stereocenters. The normalized spacial score (nSPS) is 20.3. The van der Waals surface area contributed by atoms with Crippen LogP contribution in [0.3, 0.4) is 0 Å². The molecule has 2 aliphatic rings. The van der Waals surface area contributed by atoms with E-state index in [-0.39, 0.29) is 4.88 Å². The van der Waals surface area contributed by atoms with Crippen LogP contribution in [0.5, 0.6) is 0 Å². The highest BCUT2D eigenvalue weighted by atomic mass is 32.1. The second-order valence-electron chi connectivity index (χ2n) is 10.3. The van der Waals surface area contributed by atoms with Crippen molar-refractivity contribution in [1.29, 1.82) is 5.26 Å². The Kier molecular flexibility index (Phi) is 6.19. The van der Waals surface area contributed by atoms with Crippen molar-refractivity contribution in [3.05, 3.63) is 46.0 Å². The Morgan fingerprint density at radius 2 is 2.00 bits per heavy atom. The molecule has 7 nitrogen and oxygen atoms in total. The molecule has 2 saturated heterocycles. The standard InChI is InChI=1S/C27H28F3N7S/c1-15-17(3-4-22-20(15)9-18(12-31)33-22)13-36-7-5-16-6-8-37(14-23(16)36)24-21-10-19(11-27(28,29)30)38-25(21)35-26(32-2)34-24/h3-4,9-10,16,23,33H,5-8,11,13-14H2,1-2H3,(H,32,34,35). The van der Waals surface area contributed by atoms with Gasteiger partial charge in [0.1, 0.15) is 22.4 Å². The zero-order valence-electron chi connectivity index (χ0n) is 21.2. The Hall–Kier alpha value is -3.36. The van der Waals surface area contributed by atoms with Gasteiger partial charge in [0.25, 0.3) is 0 Å². The maximum atomic E-state index is 13.1. The van der Waals surface area contributed by atoms with Crippen LogP contribution in [0.4, 0.5) is 24.9 Å². The Bertz CT molecular complexity index is 1550. The lowest BCUT2D eigenvalue weighted by Gasteiger charge is -2.39. The van der Waals surface area contributed by atoms with Crippen molar-refractivity contribution in [3.8, 4) is 6.07 Å². The van der Waals surface area contributed by atoms with Crippen LogP contribution in [-0.2, 0) is 13.0 Å². The first-order chi connectivity index (χ1) is 18.2. The number of benzene rings is 1. The van der Waals surface area contributed by atoms with Crippen LogP contribution in [0.15, 0.2) is 24.3 Å². The average molecular weight is 540 g/mol. The number of aryl methyl sites for hydroxylation is 1. The summed E-state index contributed by atoms with van der Waals surface area (Å²) in [4.78, 5) is 17.9. The van der Waals surface area contributed by atoms with Crippen LogP contribution in [0.25, 0.3) is 21.1 Å². The first-order valence-corrected chi connectivity index (χ1v) is 13.6. The van der Waals surface area contributed by atoms with Crippen LogP contribution in [0.2, 0.25) is 0 Å². The van der Waals surface area contributed by atoms with Gasteiger partial charge >= 0.3 is 6.18 Å². The average Bonchev–Trinajstić information content (AvgIpc) is 3.60. The highest BCUT2D eigenvalue weighted by Crippen LogP contribution is 2.39. The van der Waals surface area contributed by atoms with Crippen molar-refractivity contribution in [2.75, 3.05) is 36.9 Å². The summed E-state index contributed by atoms with van der Waals surface area (Å²) in [6, 6.07) is 10.2. The highest BCUT2D eigenvalue weighted by molar-refractivity contribution is 7.18. The van der Waals surface area contributed by atoms with Crippen LogP contribution < -0.4 is 10.2 Å². The van der Waals surface area contributed by atoms with Gasteiger partial charge in [0.05, 0.1) is 11.8 Å². The number of nitriles is 1. The lowest BCUT2D eigenvalue weighted by atomic mass is 9.92. The summed E-state index contributed by atoms with van der Waals surface area (Å²) in [7, 11) is 1.73. The SMILES string of the molecule is CNc1nc(N2CCC3CCN(Cc4ccc5[nH]c(C#N)cc5c4C)C3C2)c2cc(CC(F)(F)F)sc2n1. The van der Waals surface area contributed by atoms with Gasteiger partial charge in [0.2, 0.25) is 5.95 Å². The number of aromatic amines is 1. The van der Waals surface area contributed by atoms with Gasteiger partial charge in [-0.1, -0.05) is 6.07 Å². The molecule has 2 aliphatic heterocycles. The zero-order chi connectivity index (χ0) is 26.6. The van der Waals surface area contributed by atoms with Crippen LogP contribution in [0, 0.1) is 24.2 Å². The first-order valence-electron chi connectivity index (χ1n) is 12.8. The minimum atomic E-state index is -4.26. The number of rotatable bonds is 5. The molecular formula is C27H28F3N7S. The van der Waals surface area contributed by atoms with Crippen molar-refractivity contribution >= 4 is 44.2 Å². The Morgan fingerprint density at radius 1 is 1.18 bits per heavy atom. The molecule has 11 heteroatoms. The van der Waals surface area contributed by atoms with E-state index in [1.807, 2.05) is 12.1 Å². The summed E-state index contributed by atoms with van der Waals surface area (Å²) in [6.07, 6.45) is -3.07. The van der Waals surface area contributed by atoms with E-state index >= 15 is 0 Å². The Labute approximate surface area is 222 Å². The molecule has 0 amide bonds. The molecule has 0 spiro atoms. The molecule has 4 aromatic rings. The molecule has 2 N–H and O–H groups in total. The second kappa shape index (κ2) is 9.43. The second-order valence-corrected chi connectivity index (χ2v) is 11.4. The highest BCUT2D eigenvalue weighted by Gasteiger charge is 2.39. The molecule has 6 rings (SSSR count). The van der Waals surface area contributed by atoms with E-state index in [1.54, 1.807) is 13.1 Å². The molecule has 2 fully saturated rings. The van der Waals surface area contributed by atoms with Gasteiger partial charge in [-0.2, -0.15) is 23.4 Å². The summed E-state index contributed by atoms with van der Waals surface area (Å²) in [5, 5.41) is 14.0. The maximum Gasteiger partial charge on any atom is 0.393 e. The van der Waals surface area contributed by atoms with Gasteiger partial charge in [-0.3, -0.25) is 4.90 Å². The predicted molar refractivity (Wildman–Crippen MR) is 144 cm³/mol. The molecule has 3 aromatic heterocycles. The van der Waals surface area contributed by atoms with E-state index in [2.05, 4.69) is 44.1 Å². The number of nitrogens with zero attached hydrogens (tertiary/aromatic N) is 5. The summed E-state index contributed by atoms with van der Waals surface area (Å²) in [6.45, 7) is 5.53. The van der Waals surface area contributed by atoms with Gasteiger partial charge in [-0.15, -0.1) is 11.3 Å². The third kappa shape index (κ3) is 4.56. The molecule has 5 heterocycles. The number of aromatic nitrogens is 3. The molecule has 0 bridgehead atoms. The number of fused-ring (bicyclic) bond motifs is 3. The van der Waals surface area contributed by atoms with Gasteiger partial charge in [-0.25, -0.2) is 4.98 Å². The minimum absolute atomic E-state index is 0.254. The van der Waals surface area contributed by atoms with E-state index < -0.39 is 12.6 Å². The van der Waals surface area contributed by atoms with Gasteiger partial charge in [0, 0.05) is 48.5 Å². The Morgan fingerprint density at radius 3 is 2.76 bits per heavy atom. The summed E-state index contributed by atoms with van der Waals surface area (Å²) >= 11 is 1.09. The van der Waals surface area contributed by atoms with Crippen LogP contribution in [-0.4, -0.2) is 58.8 Å². The van der Waals surface area contributed by atoms with Crippen LogP contribution >= 0.6 is 11.3 Å². The van der Waals surface area contributed by atoms with E-state index in [4.69, 9.17) is 4.98 Å². The Balaban J connectivity index is 1.28. The quantitative estimate of drug-likeness (QED) is 0.344. The number of nitrogens with one attached hydrogen (secondary N) is 2. The molecule has 0 radical (unpaired) electrons. The number of hydrogen-bond donors (Lipinski definition) is 2. The van der Waals surface area contributed by atoms with Gasteiger partial charge in [-0.05, 0) is 61.6 Å². The van der Waals surface area contributed by atoms with E-state index in [9.17, 15) is 18.4 Å². The third-order valence-electron chi connectivity index (χ3n) is 7.98. The van der Waals surface area contributed by atoms with Crippen molar-refractivity contribution in [2.24, 2.45) is 5.92 Å². The summed E-state index contributed by atoms with van der Waals surface area (Å²) in [5.41, 5.74) is 3.96. The first kappa shape index (κ1) is 24.9. The zero-order valence-corrected chi connectivity index (χ0v) is 22.0. The molecule has 38 heavy (non-hydrogen) atoms. The van der Waals surface area contributed by atoms with Crippen LogP contribution in [0.1, 0.15) is 34.5 Å². The fraction of sp³-hybridized carbons (Fsp3) is 0.444. The summed E-state index contributed by atoms with van der Waals surface area (Å²) in [5.74, 6) is 1.71. The number of likely N-dealkylation sites (tertiary alicyclic amines) is 1. The third-order valence-corrected chi connectivity index (χ3v) is 9.01. The number of alkyl halides is 3. The number of halogens is 3. The van der Waals surface area contributed by atoms with Gasteiger partial charge < -0.3 is 15.2 Å². The minimum Gasteiger partial charge on any atom is -0.357 e. The van der Waals surface area contributed by atoms with Crippen molar-refractivity contribution in [2.45, 2.75) is 44.9 Å². The molecule has 2 atom stereocenters.